The van der Waals surface area contributed by atoms with Gasteiger partial charge in [0, 0.05) is 12.8 Å². The number of allylic oxidation sites excluding steroid dienone is 5. The number of carbonyl (C=O) groups is 2. The van der Waals surface area contributed by atoms with E-state index in [0.29, 0.717) is 19.4 Å². The molecule has 6 heteroatoms. The molecule has 0 rings (SSSR count). The van der Waals surface area contributed by atoms with Crippen molar-refractivity contribution < 1.29 is 24.5 Å². The Labute approximate surface area is 379 Å². The number of ether oxygens (including phenoxy) is 1. The van der Waals surface area contributed by atoms with E-state index in [1.165, 1.54) is 193 Å². The van der Waals surface area contributed by atoms with Gasteiger partial charge in [0.15, 0.2) is 0 Å². The Morgan fingerprint density at radius 3 is 1.26 bits per heavy atom. The van der Waals surface area contributed by atoms with Crippen LogP contribution in [-0.4, -0.2) is 47.4 Å². The van der Waals surface area contributed by atoms with Gasteiger partial charge in [-0.3, -0.25) is 9.59 Å². The van der Waals surface area contributed by atoms with Gasteiger partial charge in [-0.1, -0.05) is 237 Å². The number of hydrogen-bond acceptors (Lipinski definition) is 5. The Bertz CT molecular complexity index is 993. The van der Waals surface area contributed by atoms with Gasteiger partial charge >= 0.3 is 5.97 Å². The largest absolute Gasteiger partial charge is 0.466 e. The highest BCUT2D eigenvalue weighted by Crippen LogP contribution is 2.16. The molecule has 6 nitrogen and oxygen atoms in total. The topological polar surface area (TPSA) is 95.9 Å². The van der Waals surface area contributed by atoms with Gasteiger partial charge in [-0.15, -0.1) is 0 Å². The second-order valence-corrected chi connectivity index (χ2v) is 18.2. The number of aliphatic hydroxyl groups is 2. The van der Waals surface area contributed by atoms with Crippen molar-refractivity contribution >= 4 is 11.9 Å². The molecule has 0 radical (unpaired) electrons. The number of rotatable bonds is 49. The minimum absolute atomic E-state index is 0.0119. The predicted molar refractivity (Wildman–Crippen MR) is 264 cm³/mol. The van der Waals surface area contributed by atoms with Crippen LogP contribution in [0, 0.1) is 0 Å². The average molecular weight is 858 g/mol. The molecule has 0 spiro atoms. The number of amides is 1. The van der Waals surface area contributed by atoms with E-state index in [2.05, 4.69) is 43.5 Å². The lowest BCUT2D eigenvalue weighted by atomic mass is 10.0. The van der Waals surface area contributed by atoms with Crippen LogP contribution in [0.4, 0.5) is 0 Å². The monoisotopic (exact) mass is 858 g/mol. The second kappa shape index (κ2) is 50.7. The molecule has 0 aliphatic heterocycles. The number of esters is 1. The van der Waals surface area contributed by atoms with Gasteiger partial charge in [0.25, 0.3) is 0 Å². The van der Waals surface area contributed by atoms with Crippen LogP contribution in [0.1, 0.15) is 277 Å². The van der Waals surface area contributed by atoms with E-state index in [1.807, 2.05) is 6.08 Å². The Hall–Kier alpha value is -1.92. The summed E-state index contributed by atoms with van der Waals surface area (Å²) >= 11 is 0. The molecule has 1 amide bonds. The zero-order valence-electron chi connectivity index (χ0n) is 40.6. The third-order valence-electron chi connectivity index (χ3n) is 12.2. The number of carbonyl (C=O) groups excluding carboxylic acids is 2. The summed E-state index contributed by atoms with van der Waals surface area (Å²) in [4.78, 5) is 24.4. The van der Waals surface area contributed by atoms with Crippen molar-refractivity contribution in [1.29, 1.82) is 0 Å². The van der Waals surface area contributed by atoms with Crippen molar-refractivity contribution in [3.8, 4) is 0 Å². The SMILES string of the molecule is CCCCCC/C=C\C/C=C\CCCCCCCC(=O)OCCCCCCCCCCCCCCCCCCC(=O)NC(CO)C(O)/C=C/CCCCCCCCCCCC. The first-order valence-corrected chi connectivity index (χ1v) is 26.8. The number of aliphatic hydroxyl groups excluding tert-OH is 2. The summed E-state index contributed by atoms with van der Waals surface area (Å²) < 4.78 is 5.47. The molecule has 0 aliphatic carbocycles. The first-order chi connectivity index (χ1) is 30.0. The highest BCUT2D eigenvalue weighted by molar-refractivity contribution is 5.76. The van der Waals surface area contributed by atoms with Crippen molar-refractivity contribution in [3.05, 3.63) is 36.5 Å². The fourth-order valence-corrected chi connectivity index (χ4v) is 8.02. The number of unbranched alkanes of at least 4 members (excludes halogenated alkanes) is 34. The minimum Gasteiger partial charge on any atom is -0.466 e. The zero-order chi connectivity index (χ0) is 44.4. The molecule has 0 saturated carbocycles. The third-order valence-corrected chi connectivity index (χ3v) is 12.2. The summed E-state index contributed by atoms with van der Waals surface area (Å²) in [5.74, 6) is -0.0884. The first kappa shape index (κ1) is 59.1. The molecular formula is C55H103NO5. The molecule has 0 heterocycles. The average Bonchev–Trinajstić information content (AvgIpc) is 3.26. The number of hydrogen-bond donors (Lipinski definition) is 3. The number of nitrogens with one attached hydrogen (secondary N) is 1. The van der Waals surface area contributed by atoms with E-state index in [-0.39, 0.29) is 18.5 Å². The van der Waals surface area contributed by atoms with E-state index in [1.54, 1.807) is 6.08 Å². The summed E-state index contributed by atoms with van der Waals surface area (Å²) in [5, 5.41) is 23.0. The van der Waals surface area contributed by atoms with Gasteiger partial charge in [0.1, 0.15) is 0 Å². The molecule has 0 bridgehead atoms. The van der Waals surface area contributed by atoms with Gasteiger partial charge in [-0.05, 0) is 64.2 Å². The van der Waals surface area contributed by atoms with E-state index >= 15 is 0 Å². The van der Waals surface area contributed by atoms with Gasteiger partial charge in [-0.25, -0.2) is 0 Å². The lowest BCUT2D eigenvalue weighted by Crippen LogP contribution is -2.45. The molecule has 358 valence electrons. The van der Waals surface area contributed by atoms with Crippen LogP contribution in [0.5, 0.6) is 0 Å². The first-order valence-electron chi connectivity index (χ1n) is 26.8. The lowest BCUT2D eigenvalue weighted by Gasteiger charge is -2.20. The maximum atomic E-state index is 12.4. The molecule has 0 saturated heterocycles. The Balaban J connectivity index is 3.45. The van der Waals surface area contributed by atoms with Crippen molar-refractivity contribution in [2.75, 3.05) is 13.2 Å². The van der Waals surface area contributed by atoms with Crippen molar-refractivity contribution in [1.82, 2.24) is 5.32 Å². The molecule has 0 aromatic carbocycles. The summed E-state index contributed by atoms with van der Waals surface area (Å²) in [6, 6.07) is -0.632. The van der Waals surface area contributed by atoms with Crippen LogP contribution in [0.2, 0.25) is 0 Å². The fourth-order valence-electron chi connectivity index (χ4n) is 8.02. The molecule has 2 unspecified atom stereocenters. The summed E-state index contributed by atoms with van der Waals surface area (Å²) in [5.41, 5.74) is 0. The van der Waals surface area contributed by atoms with E-state index < -0.39 is 12.1 Å². The Morgan fingerprint density at radius 2 is 0.820 bits per heavy atom. The molecule has 0 fully saturated rings. The second-order valence-electron chi connectivity index (χ2n) is 18.2. The van der Waals surface area contributed by atoms with Crippen LogP contribution in [0.3, 0.4) is 0 Å². The van der Waals surface area contributed by atoms with E-state index in [9.17, 15) is 19.8 Å². The normalized spacial score (nSPS) is 12.9. The van der Waals surface area contributed by atoms with Gasteiger partial charge in [-0.2, -0.15) is 0 Å². The zero-order valence-corrected chi connectivity index (χ0v) is 40.6. The van der Waals surface area contributed by atoms with Crippen LogP contribution < -0.4 is 5.32 Å². The van der Waals surface area contributed by atoms with Crippen LogP contribution in [0.15, 0.2) is 36.5 Å². The van der Waals surface area contributed by atoms with Gasteiger partial charge in [0.05, 0.1) is 25.4 Å². The molecule has 61 heavy (non-hydrogen) atoms. The Morgan fingerprint density at radius 1 is 0.459 bits per heavy atom. The molecular weight excluding hydrogens is 755 g/mol. The smallest absolute Gasteiger partial charge is 0.305 e. The predicted octanol–water partition coefficient (Wildman–Crippen LogP) is 16.1. The summed E-state index contributed by atoms with van der Waals surface area (Å²) in [7, 11) is 0. The quantitative estimate of drug-likeness (QED) is 0.0322. The fraction of sp³-hybridized carbons (Fsp3) is 0.855. The molecule has 3 N–H and O–H groups in total. The van der Waals surface area contributed by atoms with E-state index in [0.717, 1.165) is 57.8 Å². The molecule has 0 aromatic rings. The van der Waals surface area contributed by atoms with Crippen molar-refractivity contribution in [2.45, 2.75) is 289 Å². The minimum atomic E-state index is -0.848. The Kier molecular flexibility index (Phi) is 49.1. The van der Waals surface area contributed by atoms with Gasteiger partial charge in [0.2, 0.25) is 5.91 Å². The summed E-state index contributed by atoms with van der Waals surface area (Å²) in [6.07, 6.45) is 61.4. The molecule has 0 aliphatic rings. The highest BCUT2D eigenvalue weighted by Gasteiger charge is 2.18. The summed E-state index contributed by atoms with van der Waals surface area (Å²) in [6.45, 7) is 4.85. The van der Waals surface area contributed by atoms with E-state index in [4.69, 9.17) is 4.74 Å². The maximum absolute atomic E-state index is 12.4. The molecule has 2 atom stereocenters. The van der Waals surface area contributed by atoms with Crippen molar-refractivity contribution in [3.63, 3.8) is 0 Å². The standard InChI is InChI=1S/C55H103NO5/c1-3-5-7-9-11-13-15-17-18-22-25-29-33-37-41-45-49-55(60)61-50-46-42-38-34-30-26-23-20-19-21-24-28-32-36-40-44-48-54(59)56-52(51-57)53(58)47-43-39-35-31-27-16-14-12-10-8-6-4-2/h13,15,18,22,43,47,52-53,57-58H,3-12,14,16-17,19-21,23-42,44-46,48-51H2,1-2H3,(H,56,59)/b15-13-,22-18-,47-43+. The van der Waals surface area contributed by atoms with Crippen LogP contribution >= 0.6 is 0 Å². The lowest BCUT2D eigenvalue weighted by molar-refractivity contribution is -0.143. The van der Waals surface area contributed by atoms with Crippen molar-refractivity contribution in [2.24, 2.45) is 0 Å². The third kappa shape index (κ3) is 47.4. The maximum Gasteiger partial charge on any atom is 0.305 e. The highest BCUT2D eigenvalue weighted by atomic mass is 16.5. The molecule has 0 aromatic heterocycles. The van der Waals surface area contributed by atoms with Crippen LogP contribution in [0.25, 0.3) is 0 Å². The van der Waals surface area contributed by atoms with Crippen LogP contribution in [-0.2, 0) is 14.3 Å². The van der Waals surface area contributed by atoms with Gasteiger partial charge < -0.3 is 20.3 Å².